The number of carbonyl (C=O) groups excluding carboxylic acids is 2. The lowest BCUT2D eigenvalue weighted by Crippen LogP contribution is -2.47. The van der Waals surface area contributed by atoms with Crippen molar-refractivity contribution in [1.29, 1.82) is 0 Å². The number of rotatable bonds is 6. The molecule has 0 radical (unpaired) electrons. The number of hydrogen-bond acceptors (Lipinski definition) is 5. The van der Waals surface area contributed by atoms with Crippen LogP contribution in [0.5, 0.6) is 5.75 Å². The standard InChI is InChI=1S/C21H25F3N2O5/c22-21(23,24)10-25-18(28)8-13-7-15-14-6-12(26-20(29)11-2-1-3-11)4-5-16(14)31-19(15)17(9-27)30-13/h4-6,11,13,15,17,19,27H,1-3,7-10H2,(H,25,28)(H,26,29)/t13-,15-,17+,19+/m1/s1. The van der Waals surface area contributed by atoms with E-state index in [1.807, 2.05) is 11.4 Å². The van der Waals surface area contributed by atoms with Gasteiger partial charge in [0, 0.05) is 23.1 Å². The van der Waals surface area contributed by atoms with Crippen LogP contribution >= 0.6 is 0 Å². The number of hydrogen-bond donors (Lipinski definition) is 3. The first kappa shape index (κ1) is 21.9. The molecule has 4 rings (SSSR count). The van der Waals surface area contributed by atoms with E-state index in [0.29, 0.717) is 17.9 Å². The van der Waals surface area contributed by atoms with E-state index in [1.54, 1.807) is 12.1 Å². The maximum absolute atomic E-state index is 12.3. The summed E-state index contributed by atoms with van der Waals surface area (Å²) in [7, 11) is 0. The monoisotopic (exact) mass is 442 g/mol. The molecule has 1 saturated carbocycles. The first-order valence-corrected chi connectivity index (χ1v) is 10.4. The van der Waals surface area contributed by atoms with Gasteiger partial charge in [0.25, 0.3) is 0 Å². The fourth-order valence-corrected chi connectivity index (χ4v) is 4.36. The minimum absolute atomic E-state index is 0.0129. The van der Waals surface area contributed by atoms with Crippen molar-refractivity contribution in [3.63, 3.8) is 0 Å². The Morgan fingerprint density at radius 1 is 1.23 bits per heavy atom. The number of carbonyl (C=O) groups is 2. The first-order valence-electron chi connectivity index (χ1n) is 10.4. The zero-order valence-corrected chi connectivity index (χ0v) is 16.8. The number of aliphatic hydroxyl groups is 1. The highest BCUT2D eigenvalue weighted by atomic mass is 19.4. The van der Waals surface area contributed by atoms with Crippen LogP contribution in [-0.4, -0.2) is 54.6 Å². The molecule has 10 heteroatoms. The lowest BCUT2D eigenvalue weighted by molar-refractivity contribution is -0.149. The van der Waals surface area contributed by atoms with Gasteiger partial charge in [0.2, 0.25) is 11.8 Å². The molecule has 2 aliphatic heterocycles. The van der Waals surface area contributed by atoms with E-state index < -0.39 is 36.9 Å². The van der Waals surface area contributed by atoms with Crippen LogP contribution in [0.3, 0.4) is 0 Å². The van der Waals surface area contributed by atoms with Crippen molar-refractivity contribution in [2.75, 3.05) is 18.5 Å². The maximum Gasteiger partial charge on any atom is 0.405 e. The molecule has 0 spiro atoms. The number of alkyl halides is 3. The van der Waals surface area contributed by atoms with Crippen molar-refractivity contribution >= 4 is 17.5 Å². The predicted octanol–water partition coefficient (Wildman–Crippen LogP) is 2.49. The summed E-state index contributed by atoms with van der Waals surface area (Å²) in [5.41, 5.74) is 1.48. The lowest BCUT2D eigenvalue weighted by atomic mass is 9.83. The second-order valence-electron chi connectivity index (χ2n) is 8.37. The number of nitrogens with one attached hydrogen (secondary N) is 2. The van der Waals surface area contributed by atoms with Crippen LogP contribution < -0.4 is 15.4 Å². The third-order valence-electron chi connectivity index (χ3n) is 6.14. The molecule has 0 bridgehead atoms. The molecule has 2 fully saturated rings. The maximum atomic E-state index is 12.3. The molecule has 3 aliphatic rings. The van der Waals surface area contributed by atoms with Gasteiger partial charge in [-0.3, -0.25) is 9.59 Å². The van der Waals surface area contributed by atoms with Crippen molar-refractivity contribution in [1.82, 2.24) is 5.32 Å². The molecule has 4 atom stereocenters. The second-order valence-corrected chi connectivity index (χ2v) is 8.37. The highest BCUT2D eigenvalue weighted by Gasteiger charge is 2.46. The van der Waals surface area contributed by atoms with Crippen LogP contribution in [0.15, 0.2) is 18.2 Å². The normalized spacial score (nSPS) is 27.5. The minimum Gasteiger partial charge on any atom is -0.487 e. The summed E-state index contributed by atoms with van der Waals surface area (Å²) < 4.78 is 48.7. The van der Waals surface area contributed by atoms with Crippen molar-refractivity contribution < 1.29 is 37.3 Å². The van der Waals surface area contributed by atoms with Crippen molar-refractivity contribution in [3.8, 4) is 5.75 Å². The van der Waals surface area contributed by atoms with E-state index >= 15 is 0 Å². The highest BCUT2D eigenvalue weighted by molar-refractivity contribution is 5.93. The summed E-state index contributed by atoms with van der Waals surface area (Å²) in [6.07, 6.45) is -3.38. The fourth-order valence-electron chi connectivity index (χ4n) is 4.36. The van der Waals surface area contributed by atoms with Gasteiger partial charge in [-0.05, 0) is 37.5 Å². The van der Waals surface area contributed by atoms with E-state index in [4.69, 9.17) is 9.47 Å². The Kier molecular flexibility index (Phi) is 6.11. The Bertz CT molecular complexity index is 843. The van der Waals surface area contributed by atoms with Gasteiger partial charge >= 0.3 is 6.18 Å². The van der Waals surface area contributed by atoms with Gasteiger partial charge in [-0.1, -0.05) is 6.42 Å². The molecule has 3 N–H and O–H groups in total. The fraction of sp³-hybridized carbons (Fsp3) is 0.619. The SMILES string of the molecule is O=C(C[C@H]1C[C@@H]2c3cc(NC(=O)C4CCC4)ccc3O[C@@H]2[C@H](CO)O1)NCC(F)(F)F. The molecular weight excluding hydrogens is 417 g/mol. The molecule has 1 aromatic carbocycles. The van der Waals surface area contributed by atoms with E-state index in [-0.39, 0.29) is 30.8 Å². The van der Waals surface area contributed by atoms with Gasteiger partial charge in [-0.2, -0.15) is 13.2 Å². The number of aliphatic hydroxyl groups excluding tert-OH is 1. The van der Waals surface area contributed by atoms with Gasteiger partial charge in [0.15, 0.2) is 0 Å². The zero-order chi connectivity index (χ0) is 22.2. The number of benzene rings is 1. The van der Waals surface area contributed by atoms with Crippen molar-refractivity contribution in [2.45, 2.75) is 62.5 Å². The molecule has 1 saturated heterocycles. The molecule has 1 aromatic rings. The van der Waals surface area contributed by atoms with Crippen LogP contribution in [0, 0.1) is 5.92 Å². The van der Waals surface area contributed by atoms with E-state index in [1.165, 1.54) is 0 Å². The number of amides is 2. The molecule has 0 aromatic heterocycles. The smallest absolute Gasteiger partial charge is 0.405 e. The summed E-state index contributed by atoms with van der Waals surface area (Å²) in [6, 6.07) is 5.34. The van der Waals surface area contributed by atoms with E-state index in [2.05, 4.69) is 5.32 Å². The zero-order valence-electron chi connectivity index (χ0n) is 16.8. The van der Waals surface area contributed by atoms with E-state index in [0.717, 1.165) is 24.8 Å². The molecule has 31 heavy (non-hydrogen) atoms. The van der Waals surface area contributed by atoms with Gasteiger partial charge in [-0.15, -0.1) is 0 Å². The minimum atomic E-state index is -4.49. The summed E-state index contributed by atoms with van der Waals surface area (Å²) in [5, 5.41) is 14.5. The molecule has 2 amide bonds. The Morgan fingerprint density at radius 2 is 2.00 bits per heavy atom. The lowest BCUT2D eigenvalue weighted by Gasteiger charge is -2.37. The van der Waals surface area contributed by atoms with Gasteiger partial charge in [-0.25, -0.2) is 0 Å². The van der Waals surface area contributed by atoms with Crippen LogP contribution in [0.25, 0.3) is 0 Å². The summed E-state index contributed by atoms with van der Waals surface area (Å²) >= 11 is 0. The third kappa shape index (κ3) is 4.95. The van der Waals surface area contributed by atoms with Crippen LogP contribution in [0.2, 0.25) is 0 Å². The highest BCUT2D eigenvalue weighted by Crippen LogP contribution is 2.47. The van der Waals surface area contributed by atoms with E-state index in [9.17, 15) is 27.9 Å². The average Bonchev–Trinajstić information content (AvgIpc) is 3.02. The van der Waals surface area contributed by atoms with Crippen molar-refractivity contribution in [2.24, 2.45) is 5.92 Å². The predicted molar refractivity (Wildman–Crippen MR) is 104 cm³/mol. The number of ether oxygens (including phenoxy) is 2. The topological polar surface area (TPSA) is 96.9 Å². The second kappa shape index (κ2) is 8.66. The summed E-state index contributed by atoms with van der Waals surface area (Å²) in [4.78, 5) is 24.2. The summed E-state index contributed by atoms with van der Waals surface area (Å²) in [6.45, 7) is -1.74. The third-order valence-corrected chi connectivity index (χ3v) is 6.14. The molecule has 1 aliphatic carbocycles. The van der Waals surface area contributed by atoms with Gasteiger partial charge in [0.1, 0.15) is 24.5 Å². The quantitative estimate of drug-likeness (QED) is 0.629. The first-order chi connectivity index (χ1) is 14.7. The Labute approximate surface area is 177 Å². The number of fused-ring (bicyclic) bond motifs is 3. The molecular formula is C21H25F3N2O5. The molecule has 0 unspecified atom stereocenters. The van der Waals surface area contributed by atoms with Crippen LogP contribution in [0.1, 0.15) is 43.6 Å². The van der Waals surface area contributed by atoms with Gasteiger partial charge in [0.05, 0.1) is 19.1 Å². The number of anilines is 1. The molecule has 2 heterocycles. The Morgan fingerprint density at radius 3 is 2.65 bits per heavy atom. The number of halogens is 3. The van der Waals surface area contributed by atoms with Gasteiger partial charge < -0.3 is 25.2 Å². The van der Waals surface area contributed by atoms with Crippen LogP contribution in [0.4, 0.5) is 18.9 Å². The largest absolute Gasteiger partial charge is 0.487 e. The Hall–Kier alpha value is -2.33. The Balaban J connectivity index is 1.44. The molecule has 7 nitrogen and oxygen atoms in total. The summed E-state index contributed by atoms with van der Waals surface area (Å²) in [5.74, 6) is -0.333. The van der Waals surface area contributed by atoms with Crippen LogP contribution in [-0.2, 0) is 14.3 Å². The average molecular weight is 442 g/mol. The van der Waals surface area contributed by atoms with Crippen molar-refractivity contribution in [3.05, 3.63) is 23.8 Å². The molecule has 170 valence electrons.